The molecule has 0 radical (unpaired) electrons. The normalized spacial score (nSPS) is 21.8. The van der Waals surface area contributed by atoms with Crippen LogP contribution in [-0.2, 0) is 4.74 Å². The van der Waals surface area contributed by atoms with Crippen molar-refractivity contribution in [1.29, 1.82) is 0 Å². The maximum absolute atomic E-state index is 12.7. The van der Waals surface area contributed by atoms with Crippen molar-refractivity contribution in [3.8, 4) is 0 Å². The molecular weight excluding hydrogens is 492 g/mol. The summed E-state index contributed by atoms with van der Waals surface area (Å²) < 4.78 is 5.62. The molecule has 2 aromatic rings. The molecule has 2 aliphatic heterocycles. The Morgan fingerprint density at radius 3 is 2.64 bits per heavy atom. The van der Waals surface area contributed by atoms with Gasteiger partial charge in [-0.25, -0.2) is 4.79 Å². The molecule has 2 unspecified atom stereocenters. The van der Waals surface area contributed by atoms with E-state index in [-0.39, 0.29) is 18.2 Å². The van der Waals surface area contributed by atoms with Crippen molar-refractivity contribution in [3.05, 3.63) is 74.9 Å². The highest BCUT2D eigenvalue weighted by atomic mass is 16.6. The second-order valence-electron chi connectivity index (χ2n) is 11.4. The Morgan fingerprint density at radius 1 is 1.21 bits per heavy atom. The highest BCUT2D eigenvalue weighted by Crippen LogP contribution is 2.42. The van der Waals surface area contributed by atoms with Gasteiger partial charge in [-0.2, -0.15) is 0 Å². The summed E-state index contributed by atoms with van der Waals surface area (Å²) in [6.45, 7) is 10.8. The number of aryl methyl sites for hydroxylation is 1. The number of likely N-dealkylation sites (N-methyl/N-ethyl adjacent to an activating group) is 1. The fourth-order valence-corrected chi connectivity index (χ4v) is 5.66. The van der Waals surface area contributed by atoms with E-state index in [1.807, 2.05) is 45.0 Å². The topological polar surface area (TPSA) is 110 Å². The van der Waals surface area contributed by atoms with E-state index in [1.54, 1.807) is 11.2 Å². The van der Waals surface area contributed by atoms with Crippen molar-refractivity contribution in [3.63, 3.8) is 0 Å². The summed E-state index contributed by atoms with van der Waals surface area (Å²) in [6.07, 6.45) is 5.50. The van der Waals surface area contributed by atoms with Crippen molar-refractivity contribution in [2.24, 2.45) is 10.1 Å². The quantitative estimate of drug-likeness (QED) is 0.318. The molecule has 1 amide bonds. The van der Waals surface area contributed by atoms with Gasteiger partial charge in [0.1, 0.15) is 5.60 Å². The minimum atomic E-state index is -0.530. The number of carbonyl (C=O) groups excluding carboxylic acids is 1. The lowest BCUT2D eigenvalue weighted by Gasteiger charge is -2.40. The summed E-state index contributed by atoms with van der Waals surface area (Å²) in [5.74, 6) is 0. The number of aliphatic imine (C=N–C) groups is 1. The average Bonchev–Trinajstić information content (AvgIpc) is 3.26. The highest BCUT2D eigenvalue weighted by Gasteiger charge is 2.37. The molecule has 10 heteroatoms. The molecule has 204 valence electrons. The maximum Gasteiger partial charge on any atom is 0.410 e. The molecule has 39 heavy (non-hydrogen) atoms. The first kappa shape index (κ1) is 26.7. The van der Waals surface area contributed by atoms with Crippen LogP contribution in [0, 0.1) is 6.92 Å². The van der Waals surface area contributed by atoms with Crippen molar-refractivity contribution >= 4 is 24.1 Å². The Kier molecular flexibility index (Phi) is 7.34. The van der Waals surface area contributed by atoms with Gasteiger partial charge in [-0.15, -0.1) is 0 Å². The van der Waals surface area contributed by atoms with E-state index in [0.29, 0.717) is 32.7 Å². The fraction of sp³-hybridized carbons (Fsp3) is 0.483. The molecule has 1 aromatic carbocycles. The number of rotatable bonds is 4. The van der Waals surface area contributed by atoms with E-state index >= 15 is 0 Å². The summed E-state index contributed by atoms with van der Waals surface area (Å²) in [5, 5.41) is 4.32. The van der Waals surface area contributed by atoms with E-state index < -0.39 is 11.6 Å². The van der Waals surface area contributed by atoms with Gasteiger partial charge in [0.2, 0.25) is 0 Å². The molecule has 10 nitrogen and oxygen atoms in total. The van der Waals surface area contributed by atoms with Crippen molar-refractivity contribution < 1.29 is 9.53 Å². The van der Waals surface area contributed by atoms with E-state index in [9.17, 15) is 10.3 Å². The van der Waals surface area contributed by atoms with Gasteiger partial charge in [0, 0.05) is 44.3 Å². The second kappa shape index (κ2) is 10.7. The average molecular weight is 529 g/mol. The fourth-order valence-electron chi connectivity index (χ4n) is 5.66. The Balaban J connectivity index is 1.55. The number of azide groups is 1. The molecule has 0 bridgehead atoms. The number of amides is 1. The summed E-state index contributed by atoms with van der Waals surface area (Å²) in [5.41, 5.74) is 15.3. The Hall–Kier alpha value is -3.88. The first-order valence-electron chi connectivity index (χ1n) is 13.4. The minimum absolute atomic E-state index is 0.0745. The summed E-state index contributed by atoms with van der Waals surface area (Å²) in [7, 11) is 1.97. The molecule has 3 aliphatic rings. The van der Waals surface area contributed by atoms with Gasteiger partial charge in [0.05, 0.1) is 36.7 Å². The third-order valence-electron chi connectivity index (χ3n) is 7.53. The van der Waals surface area contributed by atoms with Gasteiger partial charge in [-0.1, -0.05) is 34.9 Å². The van der Waals surface area contributed by atoms with Crippen LogP contribution in [0.2, 0.25) is 0 Å². The molecule has 5 rings (SSSR count). The van der Waals surface area contributed by atoms with Crippen LogP contribution in [0.4, 0.5) is 4.79 Å². The van der Waals surface area contributed by atoms with Gasteiger partial charge in [0.25, 0.3) is 0 Å². The van der Waals surface area contributed by atoms with Crippen LogP contribution in [0.5, 0.6) is 0 Å². The number of aromatic nitrogens is 1. The highest BCUT2D eigenvalue weighted by molar-refractivity contribution is 5.89. The number of pyridine rings is 1. The van der Waals surface area contributed by atoms with Crippen molar-refractivity contribution in [1.82, 2.24) is 19.7 Å². The molecule has 1 aromatic heterocycles. The Bertz CT molecular complexity index is 1350. The third kappa shape index (κ3) is 5.48. The summed E-state index contributed by atoms with van der Waals surface area (Å²) in [6, 6.07) is 9.89. The summed E-state index contributed by atoms with van der Waals surface area (Å²) >= 11 is 0. The van der Waals surface area contributed by atoms with Crippen LogP contribution >= 0.6 is 0 Å². The summed E-state index contributed by atoms with van der Waals surface area (Å²) in [4.78, 5) is 31.5. The van der Waals surface area contributed by atoms with Crippen LogP contribution in [0.25, 0.3) is 22.1 Å². The predicted molar refractivity (Wildman–Crippen MR) is 152 cm³/mol. The number of hydrogen-bond acceptors (Lipinski definition) is 7. The smallest absolute Gasteiger partial charge is 0.410 e. The molecule has 3 heterocycles. The van der Waals surface area contributed by atoms with E-state index in [1.165, 1.54) is 0 Å². The maximum atomic E-state index is 12.7. The molecule has 0 N–H and O–H groups in total. The molecule has 1 fully saturated rings. The van der Waals surface area contributed by atoms with E-state index in [4.69, 9.17) is 9.72 Å². The van der Waals surface area contributed by atoms with E-state index in [2.05, 4.69) is 57.2 Å². The van der Waals surface area contributed by atoms with E-state index in [0.717, 1.165) is 33.5 Å². The van der Waals surface area contributed by atoms with Crippen LogP contribution in [0.1, 0.15) is 54.8 Å². The monoisotopic (exact) mass is 528 g/mol. The van der Waals surface area contributed by atoms with Gasteiger partial charge < -0.3 is 14.5 Å². The lowest BCUT2D eigenvalue weighted by atomic mass is 9.87. The number of piperazine rings is 1. The first-order chi connectivity index (χ1) is 18.7. The minimum Gasteiger partial charge on any atom is -0.444 e. The van der Waals surface area contributed by atoms with Gasteiger partial charge in [0.15, 0.2) is 0 Å². The lowest BCUT2D eigenvalue weighted by molar-refractivity contribution is 0.0118. The Morgan fingerprint density at radius 2 is 1.97 bits per heavy atom. The third-order valence-corrected chi connectivity index (χ3v) is 7.53. The van der Waals surface area contributed by atoms with Crippen LogP contribution in [0.3, 0.4) is 0 Å². The number of fused-ring (bicyclic) bond motifs is 2. The molecule has 0 saturated carbocycles. The molecule has 1 saturated heterocycles. The zero-order chi connectivity index (χ0) is 27.7. The standard InChI is InChI=1S/C29H36N8O2/c1-19-8-9-21-22(15-19)23(26(33-34-30)24-17-31-18-35(24)5)16-20-7-6-10-32-25(20)27(21)36-11-13-37(14-12-36)28(38)39-29(2,3)4/h6-10,15-16,18,24,26-27H,11-14,17H2,1-5H3/t24?,26?,27-/m0/s1. The molecular formula is C29H36N8O2. The van der Waals surface area contributed by atoms with Crippen molar-refractivity contribution in [2.45, 2.75) is 51.4 Å². The lowest BCUT2D eigenvalue weighted by Crippen LogP contribution is -2.51. The zero-order valence-electron chi connectivity index (χ0n) is 23.3. The van der Waals surface area contributed by atoms with Crippen LogP contribution < -0.4 is 0 Å². The SMILES string of the molecule is Cc1ccc2c(c1)C(C(N=[N+]=[N-])C1CN=CN1C)=Cc1cccnc1[C@H]2N1CCN(C(=O)OC(C)(C)C)CC1. The van der Waals surface area contributed by atoms with Crippen molar-refractivity contribution in [2.75, 3.05) is 39.8 Å². The number of hydrogen-bond donors (Lipinski definition) is 0. The Labute approximate surface area is 229 Å². The van der Waals surface area contributed by atoms with Gasteiger partial charge in [-0.3, -0.25) is 14.9 Å². The number of benzene rings is 1. The number of ether oxygens (including phenoxy) is 1. The van der Waals surface area contributed by atoms with Crippen LogP contribution in [0.15, 0.2) is 46.6 Å². The number of nitrogens with zero attached hydrogens (tertiary/aromatic N) is 8. The number of carbonyl (C=O) groups is 1. The first-order valence-corrected chi connectivity index (χ1v) is 13.4. The largest absolute Gasteiger partial charge is 0.444 e. The van der Waals surface area contributed by atoms with Gasteiger partial charge >= 0.3 is 6.09 Å². The van der Waals surface area contributed by atoms with Gasteiger partial charge in [-0.05, 0) is 67.6 Å². The molecule has 1 aliphatic carbocycles. The molecule has 3 atom stereocenters. The predicted octanol–water partition coefficient (Wildman–Crippen LogP) is 4.91. The van der Waals surface area contributed by atoms with Crippen LogP contribution in [-0.4, -0.2) is 89.6 Å². The zero-order valence-corrected chi connectivity index (χ0v) is 23.3. The second-order valence-corrected chi connectivity index (χ2v) is 11.4. The molecule has 0 spiro atoms.